The number of ether oxygens (including phenoxy) is 1. The lowest BCUT2D eigenvalue weighted by Crippen LogP contribution is -2.32. The van der Waals surface area contributed by atoms with E-state index >= 15 is 0 Å². The molecule has 0 N–H and O–H groups in total. The number of thioether (sulfide) groups is 1. The number of hydrogen-bond acceptors (Lipinski definition) is 4. The lowest BCUT2D eigenvalue weighted by atomic mass is 10.1. The first kappa shape index (κ1) is 25.5. The Balaban J connectivity index is 1.63. The summed E-state index contributed by atoms with van der Waals surface area (Å²) < 4.78 is 7.06. The highest BCUT2D eigenvalue weighted by molar-refractivity contribution is 9.10. The van der Waals surface area contributed by atoms with Crippen LogP contribution in [0.25, 0.3) is 6.08 Å². The van der Waals surface area contributed by atoms with Crippen LogP contribution in [0, 0.1) is 12.8 Å². The van der Waals surface area contributed by atoms with Crippen LogP contribution in [-0.4, -0.2) is 22.5 Å². The Morgan fingerprint density at radius 2 is 1.80 bits per heavy atom. The number of carbonyl (C=O) groups excluding carboxylic acids is 1. The van der Waals surface area contributed by atoms with E-state index in [9.17, 15) is 4.79 Å². The summed E-state index contributed by atoms with van der Waals surface area (Å²) in [6, 6.07) is 21.4. The minimum Gasteiger partial charge on any atom is -0.488 e. The normalized spacial score (nSPS) is 16.1. The molecule has 0 atom stereocenters. The summed E-state index contributed by atoms with van der Waals surface area (Å²) in [7, 11) is 0. The van der Waals surface area contributed by atoms with Crippen LogP contribution in [0.15, 0.2) is 81.1 Å². The smallest absolute Gasteiger partial charge is 0.266 e. The Kier molecular flexibility index (Phi) is 8.37. The number of nitrogens with zero attached hydrogens (tertiary/aromatic N) is 2. The first-order valence-corrected chi connectivity index (χ1v) is 13.3. The number of rotatable bonds is 7. The van der Waals surface area contributed by atoms with E-state index in [4.69, 9.17) is 21.3 Å². The molecular formula is C28H26BrClN2O2S. The zero-order chi connectivity index (χ0) is 24.9. The second-order valence-electron chi connectivity index (χ2n) is 8.75. The second-order valence-corrected chi connectivity index (χ2v) is 11.1. The van der Waals surface area contributed by atoms with Crippen molar-refractivity contribution in [1.82, 2.24) is 4.90 Å². The van der Waals surface area contributed by atoms with Crippen LogP contribution in [0.5, 0.6) is 5.75 Å². The molecule has 0 aromatic heterocycles. The Hall–Kier alpha value is -2.54. The number of aliphatic imine (C=N–C) groups is 1. The highest BCUT2D eigenvalue weighted by atomic mass is 79.9. The number of amides is 1. The van der Waals surface area contributed by atoms with Gasteiger partial charge in [-0.3, -0.25) is 9.69 Å². The summed E-state index contributed by atoms with van der Waals surface area (Å²) in [6.07, 6.45) is 1.89. The Labute approximate surface area is 224 Å². The van der Waals surface area contributed by atoms with E-state index in [-0.39, 0.29) is 5.91 Å². The molecule has 35 heavy (non-hydrogen) atoms. The third-order valence-electron chi connectivity index (χ3n) is 5.26. The summed E-state index contributed by atoms with van der Waals surface area (Å²) in [5.74, 6) is 0.961. The summed E-state index contributed by atoms with van der Waals surface area (Å²) in [6.45, 7) is 7.27. The van der Waals surface area contributed by atoms with E-state index < -0.39 is 0 Å². The largest absolute Gasteiger partial charge is 0.488 e. The van der Waals surface area contributed by atoms with Gasteiger partial charge in [-0.2, -0.15) is 0 Å². The zero-order valence-electron chi connectivity index (χ0n) is 19.8. The van der Waals surface area contributed by atoms with Gasteiger partial charge < -0.3 is 4.74 Å². The van der Waals surface area contributed by atoms with Crippen LogP contribution in [-0.2, 0) is 11.4 Å². The van der Waals surface area contributed by atoms with Gasteiger partial charge in [-0.05, 0) is 78.7 Å². The van der Waals surface area contributed by atoms with E-state index in [2.05, 4.69) is 61.0 Å². The molecule has 0 bridgehead atoms. The Morgan fingerprint density at radius 3 is 2.49 bits per heavy atom. The van der Waals surface area contributed by atoms with Crippen LogP contribution in [0.1, 0.15) is 30.5 Å². The predicted molar refractivity (Wildman–Crippen MR) is 150 cm³/mol. The summed E-state index contributed by atoms with van der Waals surface area (Å²) in [5.41, 5.74) is 3.88. The van der Waals surface area contributed by atoms with E-state index in [1.807, 2.05) is 36.4 Å². The van der Waals surface area contributed by atoms with Crippen molar-refractivity contribution in [3.63, 3.8) is 0 Å². The second kappa shape index (κ2) is 11.5. The molecule has 3 aromatic carbocycles. The fourth-order valence-electron chi connectivity index (χ4n) is 3.49. The lowest BCUT2D eigenvalue weighted by molar-refractivity contribution is -0.122. The van der Waals surface area contributed by atoms with Crippen LogP contribution < -0.4 is 4.74 Å². The molecule has 0 aliphatic carbocycles. The molecule has 4 rings (SSSR count). The third-order valence-corrected chi connectivity index (χ3v) is 7.01. The maximum absolute atomic E-state index is 13.4. The summed E-state index contributed by atoms with van der Waals surface area (Å²) in [5, 5.41) is 1.31. The molecule has 0 spiro atoms. The SMILES string of the molecule is Cc1ccc(COc2ccc(Br)cc2/C=C2\SC(=Nc3ccc(Cl)cc3)N(CC(C)C)C2=O)cc1. The van der Waals surface area contributed by atoms with E-state index in [0.717, 1.165) is 21.3 Å². The molecule has 1 saturated heterocycles. The van der Waals surface area contributed by atoms with Crippen LogP contribution in [0.3, 0.4) is 0 Å². The van der Waals surface area contributed by atoms with Crippen molar-refractivity contribution in [2.24, 2.45) is 10.9 Å². The van der Waals surface area contributed by atoms with Gasteiger partial charge in [0.15, 0.2) is 5.17 Å². The number of amidine groups is 1. The first-order chi connectivity index (χ1) is 16.8. The van der Waals surface area contributed by atoms with Crippen molar-refractivity contribution in [2.45, 2.75) is 27.4 Å². The Bertz CT molecular complexity index is 1270. The van der Waals surface area contributed by atoms with Crippen LogP contribution in [0.4, 0.5) is 5.69 Å². The standard InChI is InChI=1S/C28H26BrClN2O2S/c1-18(2)16-32-27(33)26(35-28(32)31-24-11-9-23(30)10-12-24)15-21-14-22(29)8-13-25(21)34-17-20-6-4-19(3)5-7-20/h4-15,18H,16-17H2,1-3H3/b26-15-,31-28?. The predicted octanol–water partition coefficient (Wildman–Crippen LogP) is 8.25. The highest BCUT2D eigenvalue weighted by Crippen LogP contribution is 2.37. The molecular weight excluding hydrogens is 544 g/mol. The molecule has 0 unspecified atom stereocenters. The highest BCUT2D eigenvalue weighted by Gasteiger charge is 2.34. The zero-order valence-corrected chi connectivity index (χ0v) is 23.0. The monoisotopic (exact) mass is 568 g/mol. The minimum atomic E-state index is -0.0547. The molecule has 4 nitrogen and oxygen atoms in total. The van der Waals surface area contributed by atoms with Gasteiger partial charge >= 0.3 is 0 Å². The maximum Gasteiger partial charge on any atom is 0.266 e. The van der Waals surface area contributed by atoms with E-state index in [1.165, 1.54) is 17.3 Å². The van der Waals surface area contributed by atoms with Crippen molar-refractivity contribution in [3.05, 3.63) is 97.8 Å². The van der Waals surface area contributed by atoms with Gasteiger partial charge in [0, 0.05) is 21.6 Å². The topological polar surface area (TPSA) is 41.9 Å². The number of carbonyl (C=O) groups is 1. The number of benzene rings is 3. The quantitative estimate of drug-likeness (QED) is 0.269. The van der Waals surface area contributed by atoms with Gasteiger partial charge in [0.1, 0.15) is 12.4 Å². The molecule has 180 valence electrons. The molecule has 1 amide bonds. The molecule has 1 heterocycles. The third kappa shape index (κ3) is 6.78. The summed E-state index contributed by atoms with van der Waals surface area (Å²) >= 11 is 10.9. The number of aryl methyl sites for hydroxylation is 1. The van der Waals surface area contributed by atoms with Gasteiger partial charge in [0.05, 0.1) is 10.6 Å². The first-order valence-electron chi connectivity index (χ1n) is 11.3. The number of halogens is 2. The van der Waals surface area contributed by atoms with Crippen molar-refractivity contribution in [3.8, 4) is 5.75 Å². The number of hydrogen-bond donors (Lipinski definition) is 0. The maximum atomic E-state index is 13.4. The minimum absolute atomic E-state index is 0.0547. The van der Waals surface area contributed by atoms with Crippen molar-refractivity contribution in [1.29, 1.82) is 0 Å². The van der Waals surface area contributed by atoms with Gasteiger partial charge in [0.25, 0.3) is 5.91 Å². The van der Waals surface area contributed by atoms with Crippen LogP contribution >= 0.6 is 39.3 Å². The van der Waals surface area contributed by atoms with Gasteiger partial charge in [-0.15, -0.1) is 0 Å². The van der Waals surface area contributed by atoms with E-state index in [1.54, 1.807) is 17.0 Å². The molecule has 1 aliphatic heterocycles. The molecule has 3 aromatic rings. The average molecular weight is 570 g/mol. The lowest BCUT2D eigenvalue weighted by Gasteiger charge is -2.17. The Morgan fingerprint density at radius 1 is 1.09 bits per heavy atom. The van der Waals surface area contributed by atoms with E-state index in [0.29, 0.717) is 39.9 Å². The molecule has 0 radical (unpaired) electrons. The van der Waals surface area contributed by atoms with Crippen molar-refractivity contribution < 1.29 is 9.53 Å². The molecule has 0 saturated carbocycles. The molecule has 1 aliphatic rings. The van der Waals surface area contributed by atoms with Crippen molar-refractivity contribution >= 4 is 62.1 Å². The molecule has 7 heteroatoms. The van der Waals surface area contributed by atoms with Gasteiger partial charge in [-0.25, -0.2) is 4.99 Å². The van der Waals surface area contributed by atoms with Gasteiger partial charge in [0.2, 0.25) is 0 Å². The average Bonchev–Trinajstić information content (AvgIpc) is 3.09. The molecule has 1 fully saturated rings. The summed E-state index contributed by atoms with van der Waals surface area (Å²) in [4.78, 5) is 20.5. The fraction of sp³-hybridized carbons (Fsp3) is 0.214. The fourth-order valence-corrected chi connectivity index (χ4v) is 5.00. The van der Waals surface area contributed by atoms with Crippen molar-refractivity contribution in [2.75, 3.05) is 6.54 Å². The van der Waals surface area contributed by atoms with Crippen LogP contribution in [0.2, 0.25) is 5.02 Å². The van der Waals surface area contributed by atoms with Gasteiger partial charge in [-0.1, -0.05) is 71.2 Å².